The summed E-state index contributed by atoms with van der Waals surface area (Å²) in [5.74, 6) is 1.80. The molecule has 0 amide bonds. The molecule has 0 saturated heterocycles. The van der Waals surface area contributed by atoms with Crippen LogP contribution in [0, 0.1) is 0 Å². The van der Waals surface area contributed by atoms with Crippen LogP contribution in [-0.2, 0) is 19.4 Å². The molecule has 0 unspecified atom stereocenters. The number of hydrogen-bond acceptors (Lipinski definition) is 4. The van der Waals surface area contributed by atoms with Crippen LogP contribution in [0.3, 0.4) is 0 Å². The van der Waals surface area contributed by atoms with Crippen molar-refractivity contribution in [3.8, 4) is 11.5 Å². The second-order valence-corrected chi connectivity index (χ2v) is 4.70. The highest BCUT2D eigenvalue weighted by Gasteiger charge is 2.08. The first-order valence-corrected chi connectivity index (χ1v) is 7.54. The van der Waals surface area contributed by atoms with Crippen LogP contribution in [0.5, 0.6) is 11.5 Å². The molecule has 2 rings (SSSR count). The normalized spacial score (nSPS) is 10.6. The molecule has 5 heteroatoms. The van der Waals surface area contributed by atoms with E-state index in [9.17, 15) is 0 Å². The van der Waals surface area contributed by atoms with Crippen LogP contribution in [0.4, 0.5) is 0 Å². The average Bonchev–Trinajstić information content (AvgIpc) is 2.96. The molecule has 0 atom stereocenters. The maximum absolute atomic E-state index is 5.69. The minimum atomic E-state index is 0.660. The highest BCUT2D eigenvalue weighted by molar-refractivity contribution is 5.40. The predicted molar refractivity (Wildman–Crippen MR) is 81.9 cm³/mol. The van der Waals surface area contributed by atoms with Crippen LogP contribution in [0.2, 0.25) is 0 Å². The van der Waals surface area contributed by atoms with Gasteiger partial charge in [-0.3, -0.25) is 4.68 Å². The second-order valence-electron chi connectivity index (χ2n) is 4.70. The zero-order valence-corrected chi connectivity index (χ0v) is 13.0. The van der Waals surface area contributed by atoms with Gasteiger partial charge in [-0.15, -0.1) is 5.10 Å². The summed E-state index contributed by atoms with van der Waals surface area (Å²) in [6.07, 6.45) is 3.70. The molecule has 0 bridgehead atoms. The van der Waals surface area contributed by atoms with Gasteiger partial charge in [-0.25, -0.2) is 0 Å². The van der Waals surface area contributed by atoms with E-state index in [0.29, 0.717) is 13.2 Å². The van der Waals surface area contributed by atoms with Crippen LogP contribution in [0.1, 0.15) is 32.0 Å². The lowest BCUT2D eigenvalue weighted by Gasteiger charge is -2.12. The molecule has 1 aromatic heterocycles. The second kappa shape index (κ2) is 7.67. The van der Waals surface area contributed by atoms with Gasteiger partial charge in [0.25, 0.3) is 0 Å². The Labute approximate surface area is 125 Å². The van der Waals surface area contributed by atoms with Crippen molar-refractivity contribution < 1.29 is 9.47 Å². The fourth-order valence-corrected chi connectivity index (χ4v) is 2.17. The lowest BCUT2D eigenvalue weighted by molar-refractivity contribution is 0.327. The van der Waals surface area contributed by atoms with E-state index in [0.717, 1.165) is 42.1 Å². The van der Waals surface area contributed by atoms with E-state index < -0.39 is 0 Å². The van der Waals surface area contributed by atoms with Gasteiger partial charge in [0.15, 0.2) is 0 Å². The number of rotatable bonds is 8. The first-order chi connectivity index (χ1) is 10.3. The quantitative estimate of drug-likeness (QED) is 0.750. The Morgan fingerprint density at radius 1 is 1.05 bits per heavy atom. The molecule has 2 aromatic rings. The summed E-state index contributed by atoms with van der Waals surface area (Å²) in [5, 5.41) is 8.24. The summed E-state index contributed by atoms with van der Waals surface area (Å²) in [4.78, 5) is 0. The van der Waals surface area contributed by atoms with Crippen molar-refractivity contribution >= 4 is 0 Å². The third-order valence-corrected chi connectivity index (χ3v) is 3.20. The first kappa shape index (κ1) is 15.4. The molecule has 0 aliphatic rings. The van der Waals surface area contributed by atoms with Crippen molar-refractivity contribution in [1.82, 2.24) is 15.0 Å². The molecular formula is C16H23N3O2. The summed E-state index contributed by atoms with van der Waals surface area (Å²) < 4.78 is 13.1. The van der Waals surface area contributed by atoms with E-state index in [1.165, 1.54) is 0 Å². The number of ether oxygens (including phenoxy) is 2. The third-order valence-electron chi connectivity index (χ3n) is 3.20. The van der Waals surface area contributed by atoms with E-state index >= 15 is 0 Å². The van der Waals surface area contributed by atoms with Gasteiger partial charge < -0.3 is 9.47 Å². The minimum Gasteiger partial charge on any atom is -0.494 e. The van der Waals surface area contributed by atoms with Gasteiger partial charge in [-0.1, -0.05) is 5.21 Å². The van der Waals surface area contributed by atoms with Gasteiger partial charge in [0, 0.05) is 12.7 Å². The van der Waals surface area contributed by atoms with Crippen LogP contribution >= 0.6 is 0 Å². The van der Waals surface area contributed by atoms with Crippen molar-refractivity contribution in [3.05, 3.63) is 35.7 Å². The lowest BCUT2D eigenvalue weighted by Crippen LogP contribution is -2.00. The molecular weight excluding hydrogens is 266 g/mol. The topological polar surface area (TPSA) is 49.2 Å². The summed E-state index contributed by atoms with van der Waals surface area (Å²) in [6, 6.07) is 5.98. The molecule has 0 fully saturated rings. The zero-order valence-electron chi connectivity index (χ0n) is 13.0. The molecule has 1 heterocycles. The van der Waals surface area contributed by atoms with Crippen LogP contribution in [-0.4, -0.2) is 28.2 Å². The number of hydrogen-bond donors (Lipinski definition) is 0. The van der Waals surface area contributed by atoms with Gasteiger partial charge in [-0.05, 0) is 57.4 Å². The predicted octanol–water partition coefficient (Wildman–Crippen LogP) is 2.88. The Morgan fingerprint density at radius 3 is 2.52 bits per heavy atom. The number of benzene rings is 1. The standard InChI is InChI=1S/C16H23N3O2/c1-4-19-12-14(17-18-19)8-7-13-11-15(20-5-2)9-10-16(13)21-6-3/h9-12H,4-8H2,1-3H3. The highest BCUT2D eigenvalue weighted by Crippen LogP contribution is 2.25. The van der Waals surface area contributed by atoms with Crippen LogP contribution < -0.4 is 9.47 Å². The maximum Gasteiger partial charge on any atom is 0.122 e. The van der Waals surface area contributed by atoms with Gasteiger partial charge in [-0.2, -0.15) is 0 Å². The molecule has 21 heavy (non-hydrogen) atoms. The van der Waals surface area contributed by atoms with Crippen LogP contribution in [0.25, 0.3) is 0 Å². The minimum absolute atomic E-state index is 0.660. The van der Waals surface area contributed by atoms with E-state index in [-0.39, 0.29) is 0 Å². The van der Waals surface area contributed by atoms with Gasteiger partial charge >= 0.3 is 0 Å². The molecule has 1 aromatic carbocycles. The molecule has 0 aliphatic carbocycles. The molecule has 0 N–H and O–H groups in total. The van der Waals surface area contributed by atoms with Crippen molar-refractivity contribution in [2.24, 2.45) is 0 Å². The van der Waals surface area contributed by atoms with Gasteiger partial charge in [0.1, 0.15) is 11.5 Å². The molecule has 114 valence electrons. The summed E-state index contributed by atoms with van der Waals surface area (Å²) in [5.41, 5.74) is 2.15. The Hall–Kier alpha value is -2.04. The smallest absolute Gasteiger partial charge is 0.122 e. The molecule has 5 nitrogen and oxygen atoms in total. The maximum atomic E-state index is 5.69. The van der Waals surface area contributed by atoms with E-state index in [4.69, 9.17) is 9.47 Å². The number of aryl methyl sites for hydroxylation is 3. The Kier molecular flexibility index (Phi) is 5.60. The summed E-state index contributed by atoms with van der Waals surface area (Å²) >= 11 is 0. The zero-order chi connectivity index (χ0) is 15.1. The Morgan fingerprint density at radius 2 is 1.86 bits per heavy atom. The fourth-order valence-electron chi connectivity index (χ4n) is 2.17. The number of aromatic nitrogens is 3. The Bertz CT molecular complexity index is 566. The van der Waals surface area contributed by atoms with Crippen molar-refractivity contribution in [2.75, 3.05) is 13.2 Å². The monoisotopic (exact) mass is 289 g/mol. The van der Waals surface area contributed by atoms with Crippen LogP contribution in [0.15, 0.2) is 24.4 Å². The SMILES string of the molecule is CCOc1ccc(OCC)c(CCc2cn(CC)nn2)c1. The molecule has 0 aliphatic heterocycles. The highest BCUT2D eigenvalue weighted by atomic mass is 16.5. The fraction of sp³-hybridized carbons (Fsp3) is 0.500. The lowest BCUT2D eigenvalue weighted by atomic mass is 10.1. The first-order valence-electron chi connectivity index (χ1n) is 7.54. The molecule has 0 spiro atoms. The van der Waals surface area contributed by atoms with Crippen molar-refractivity contribution in [1.29, 1.82) is 0 Å². The van der Waals surface area contributed by atoms with Crippen molar-refractivity contribution in [3.63, 3.8) is 0 Å². The van der Waals surface area contributed by atoms with Gasteiger partial charge in [0.05, 0.1) is 18.9 Å². The van der Waals surface area contributed by atoms with E-state index in [1.54, 1.807) is 0 Å². The Balaban J connectivity index is 2.09. The van der Waals surface area contributed by atoms with E-state index in [2.05, 4.69) is 23.3 Å². The summed E-state index contributed by atoms with van der Waals surface area (Å²) in [7, 11) is 0. The number of nitrogens with zero attached hydrogens (tertiary/aromatic N) is 3. The van der Waals surface area contributed by atoms with E-state index in [1.807, 2.05) is 36.9 Å². The molecule has 0 saturated carbocycles. The molecule has 0 radical (unpaired) electrons. The third kappa shape index (κ3) is 4.21. The summed E-state index contributed by atoms with van der Waals surface area (Å²) in [6.45, 7) is 8.20. The largest absolute Gasteiger partial charge is 0.494 e. The average molecular weight is 289 g/mol. The van der Waals surface area contributed by atoms with Gasteiger partial charge in [0.2, 0.25) is 0 Å². The van der Waals surface area contributed by atoms with Crippen molar-refractivity contribution in [2.45, 2.75) is 40.2 Å².